The second-order valence-electron chi connectivity index (χ2n) is 5.73. The molecule has 0 spiro atoms. The van der Waals surface area contributed by atoms with Crippen molar-refractivity contribution in [2.75, 3.05) is 19.7 Å². The zero-order valence-corrected chi connectivity index (χ0v) is 13.2. The van der Waals surface area contributed by atoms with Gasteiger partial charge in [0.15, 0.2) is 0 Å². The van der Waals surface area contributed by atoms with Crippen molar-refractivity contribution < 1.29 is 27.8 Å². The van der Waals surface area contributed by atoms with Crippen LogP contribution in [-0.2, 0) is 11.3 Å². The van der Waals surface area contributed by atoms with Gasteiger partial charge in [0.05, 0.1) is 13.2 Å². The Labute approximate surface area is 138 Å². The van der Waals surface area contributed by atoms with Crippen LogP contribution in [0.1, 0.15) is 24.8 Å². The number of alkyl halides is 3. The molecule has 24 heavy (non-hydrogen) atoms. The molecule has 0 saturated carbocycles. The molecule has 2 rings (SSSR count). The minimum atomic E-state index is -4.78. The van der Waals surface area contributed by atoms with Crippen molar-refractivity contribution in [2.24, 2.45) is 0 Å². The summed E-state index contributed by atoms with van der Waals surface area (Å²) in [6, 6.07) is 5.66. The highest BCUT2D eigenvalue weighted by Crippen LogP contribution is 2.26. The van der Waals surface area contributed by atoms with Gasteiger partial charge in [0.2, 0.25) is 5.91 Å². The average molecular weight is 346 g/mol. The number of piperidine rings is 1. The van der Waals surface area contributed by atoms with E-state index in [1.165, 1.54) is 18.2 Å². The van der Waals surface area contributed by atoms with Gasteiger partial charge in [-0.05, 0) is 25.5 Å². The Hall–Kier alpha value is -1.80. The Morgan fingerprint density at radius 1 is 1.33 bits per heavy atom. The summed E-state index contributed by atoms with van der Waals surface area (Å²) in [7, 11) is 0. The number of aliphatic hydroxyl groups is 1. The predicted molar refractivity (Wildman–Crippen MR) is 81.3 cm³/mol. The molecule has 1 saturated heterocycles. The van der Waals surface area contributed by atoms with E-state index in [1.54, 1.807) is 6.07 Å². The van der Waals surface area contributed by atoms with Crippen molar-refractivity contribution in [3.05, 3.63) is 29.8 Å². The summed E-state index contributed by atoms with van der Waals surface area (Å²) in [6.45, 7) is 0.790. The number of amides is 1. The molecule has 1 amide bonds. The summed E-state index contributed by atoms with van der Waals surface area (Å²) in [5.41, 5.74) is 0.250. The second kappa shape index (κ2) is 8.34. The first kappa shape index (κ1) is 18.5. The zero-order chi connectivity index (χ0) is 17.6. The normalized spacial score (nSPS) is 19.1. The fourth-order valence-corrected chi connectivity index (χ4v) is 2.78. The first-order chi connectivity index (χ1) is 11.4. The average Bonchev–Trinajstić information content (AvgIpc) is 2.53. The summed E-state index contributed by atoms with van der Waals surface area (Å²) < 4.78 is 41.1. The summed E-state index contributed by atoms with van der Waals surface area (Å²) in [5, 5.41) is 11.9. The van der Waals surface area contributed by atoms with E-state index in [0.29, 0.717) is 0 Å². The van der Waals surface area contributed by atoms with Crippen LogP contribution in [0.4, 0.5) is 13.2 Å². The molecule has 1 aliphatic rings. The first-order valence-electron chi connectivity index (χ1n) is 7.84. The largest absolute Gasteiger partial charge is 0.573 e. The fraction of sp³-hybridized carbons (Fsp3) is 0.562. The Balaban J connectivity index is 1.90. The highest BCUT2D eigenvalue weighted by molar-refractivity contribution is 5.78. The summed E-state index contributed by atoms with van der Waals surface area (Å²) in [6.07, 6.45) is -1.95. The van der Waals surface area contributed by atoms with E-state index in [-0.39, 0.29) is 43.0 Å². The number of carbonyl (C=O) groups excluding carboxylic acids is 1. The number of nitrogens with one attached hydrogen (secondary N) is 1. The van der Waals surface area contributed by atoms with Gasteiger partial charge < -0.3 is 15.2 Å². The van der Waals surface area contributed by atoms with Gasteiger partial charge in [0.1, 0.15) is 5.75 Å². The van der Waals surface area contributed by atoms with Crippen molar-refractivity contribution in [3.8, 4) is 5.75 Å². The van der Waals surface area contributed by atoms with Crippen LogP contribution in [0, 0.1) is 0 Å². The molecule has 1 heterocycles. The van der Waals surface area contributed by atoms with Crippen LogP contribution in [0.2, 0.25) is 0 Å². The van der Waals surface area contributed by atoms with Gasteiger partial charge in [-0.25, -0.2) is 0 Å². The number of hydrogen-bond donors (Lipinski definition) is 2. The van der Waals surface area contributed by atoms with Gasteiger partial charge in [-0.1, -0.05) is 24.6 Å². The number of carbonyl (C=O) groups is 1. The number of para-hydroxylation sites is 1. The molecule has 0 aromatic heterocycles. The Morgan fingerprint density at radius 3 is 2.79 bits per heavy atom. The van der Waals surface area contributed by atoms with E-state index in [0.717, 1.165) is 25.8 Å². The van der Waals surface area contributed by atoms with Crippen molar-refractivity contribution in [1.29, 1.82) is 0 Å². The third-order valence-corrected chi connectivity index (χ3v) is 3.98. The number of likely N-dealkylation sites (tertiary alicyclic amines) is 1. The highest BCUT2D eigenvalue weighted by atomic mass is 19.4. The summed E-state index contributed by atoms with van der Waals surface area (Å²) in [4.78, 5) is 13.9. The SMILES string of the molecule is O=C(CN1CCCCC1CO)NCc1ccccc1OC(F)(F)F. The highest BCUT2D eigenvalue weighted by Gasteiger charge is 2.32. The molecule has 8 heteroatoms. The van der Waals surface area contributed by atoms with Gasteiger partial charge >= 0.3 is 6.36 Å². The summed E-state index contributed by atoms with van der Waals surface area (Å²) >= 11 is 0. The van der Waals surface area contributed by atoms with Crippen molar-refractivity contribution >= 4 is 5.91 Å². The van der Waals surface area contributed by atoms with Crippen LogP contribution in [0.5, 0.6) is 5.75 Å². The molecular formula is C16H21F3N2O3. The van der Waals surface area contributed by atoms with Crippen LogP contribution < -0.4 is 10.1 Å². The molecule has 1 fully saturated rings. The van der Waals surface area contributed by atoms with Crippen LogP contribution in [0.15, 0.2) is 24.3 Å². The Bertz CT molecular complexity index is 552. The molecule has 1 atom stereocenters. The number of nitrogens with zero attached hydrogens (tertiary/aromatic N) is 1. The van der Waals surface area contributed by atoms with Crippen molar-refractivity contribution in [1.82, 2.24) is 10.2 Å². The maximum Gasteiger partial charge on any atom is 0.573 e. The minimum absolute atomic E-state index is 0.00443. The van der Waals surface area contributed by atoms with Crippen LogP contribution in [0.25, 0.3) is 0 Å². The fourth-order valence-electron chi connectivity index (χ4n) is 2.78. The maximum atomic E-state index is 12.4. The van der Waals surface area contributed by atoms with Gasteiger partial charge in [-0.3, -0.25) is 9.69 Å². The molecule has 0 aliphatic carbocycles. The lowest BCUT2D eigenvalue weighted by Gasteiger charge is -2.33. The molecule has 1 aromatic rings. The van der Waals surface area contributed by atoms with E-state index in [2.05, 4.69) is 10.1 Å². The first-order valence-corrected chi connectivity index (χ1v) is 7.84. The van der Waals surface area contributed by atoms with Gasteiger partial charge in [-0.15, -0.1) is 13.2 Å². The van der Waals surface area contributed by atoms with Gasteiger partial charge in [0, 0.05) is 18.2 Å². The minimum Gasteiger partial charge on any atom is -0.405 e. The molecule has 1 aliphatic heterocycles. The van der Waals surface area contributed by atoms with Crippen molar-refractivity contribution in [2.45, 2.75) is 38.2 Å². The van der Waals surface area contributed by atoms with E-state index >= 15 is 0 Å². The number of benzene rings is 1. The second-order valence-corrected chi connectivity index (χ2v) is 5.73. The third-order valence-electron chi connectivity index (χ3n) is 3.98. The topological polar surface area (TPSA) is 61.8 Å². The van der Waals surface area contributed by atoms with Gasteiger partial charge in [-0.2, -0.15) is 0 Å². The third kappa shape index (κ3) is 5.68. The van der Waals surface area contributed by atoms with Crippen LogP contribution in [0.3, 0.4) is 0 Å². The van der Waals surface area contributed by atoms with E-state index in [9.17, 15) is 23.1 Å². The molecular weight excluding hydrogens is 325 g/mol. The molecule has 0 radical (unpaired) electrons. The molecule has 1 unspecified atom stereocenters. The lowest BCUT2D eigenvalue weighted by Crippen LogP contribution is -2.47. The lowest BCUT2D eigenvalue weighted by molar-refractivity contribution is -0.274. The van der Waals surface area contributed by atoms with Gasteiger partial charge in [0.25, 0.3) is 0 Å². The van der Waals surface area contributed by atoms with E-state index in [4.69, 9.17) is 0 Å². The Kier molecular flexibility index (Phi) is 6.44. The molecule has 2 N–H and O–H groups in total. The Morgan fingerprint density at radius 2 is 2.08 bits per heavy atom. The summed E-state index contributed by atoms with van der Waals surface area (Å²) in [5.74, 6) is -0.617. The number of halogens is 3. The standard InChI is InChI=1S/C16H21F3N2O3/c17-16(18,19)24-14-7-2-1-5-12(14)9-20-15(23)10-21-8-4-3-6-13(21)11-22/h1-2,5,7,13,22H,3-4,6,8-11H2,(H,20,23). The lowest BCUT2D eigenvalue weighted by atomic mass is 10.0. The zero-order valence-electron chi connectivity index (χ0n) is 13.2. The smallest absolute Gasteiger partial charge is 0.405 e. The predicted octanol–water partition coefficient (Wildman–Crippen LogP) is 2.05. The van der Waals surface area contributed by atoms with E-state index in [1.807, 2.05) is 4.90 Å². The molecule has 0 bridgehead atoms. The number of aliphatic hydroxyl groups excluding tert-OH is 1. The molecule has 134 valence electrons. The van der Waals surface area contributed by atoms with Crippen LogP contribution in [-0.4, -0.2) is 48.0 Å². The number of rotatable bonds is 6. The number of ether oxygens (including phenoxy) is 1. The van der Waals surface area contributed by atoms with E-state index < -0.39 is 6.36 Å². The van der Waals surface area contributed by atoms with Crippen molar-refractivity contribution in [3.63, 3.8) is 0 Å². The van der Waals surface area contributed by atoms with Crippen LogP contribution >= 0.6 is 0 Å². The quantitative estimate of drug-likeness (QED) is 0.828. The monoisotopic (exact) mass is 346 g/mol. The number of hydrogen-bond acceptors (Lipinski definition) is 4. The maximum absolute atomic E-state index is 12.4. The molecule has 5 nitrogen and oxygen atoms in total. The molecule has 1 aromatic carbocycles.